The van der Waals surface area contributed by atoms with Crippen molar-refractivity contribution in [3.05, 3.63) is 42.4 Å². The average Bonchev–Trinajstić information content (AvgIpc) is 3.00. The van der Waals surface area contributed by atoms with E-state index >= 15 is 0 Å². The van der Waals surface area contributed by atoms with Crippen molar-refractivity contribution in [2.45, 2.75) is 6.54 Å². The highest BCUT2D eigenvalue weighted by Gasteiger charge is 2.10. The summed E-state index contributed by atoms with van der Waals surface area (Å²) in [4.78, 5) is 13.7. The Morgan fingerprint density at radius 1 is 1.32 bits per heavy atom. The number of hydrogen-bond acceptors (Lipinski definition) is 4. The molecular weight excluding hydrogens is 453 g/mol. The molecule has 1 heterocycles. The summed E-state index contributed by atoms with van der Waals surface area (Å²) < 4.78 is 22.4. The first-order chi connectivity index (χ1) is 11.4. The summed E-state index contributed by atoms with van der Waals surface area (Å²) in [6.45, 7) is 0.856. The zero-order valence-corrected chi connectivity index (χ0v) is 17.7. The number of nitrogens with zero attached hydrogens (tertiary/aromatic N) is 3. The van der Waals surface area contributed by atoms with Crippen LogP contribution in [0, 0.1) is 0 Å². The predicted octanol–water partition coefficient (Wildman–Crippen LogP) is 1.75. The molecule has 7 nitrogen and oxygen atoms in total. The van der Waals surface area contributed by atoms with Gasteiger partial charge in [-0.1, -0.05) is 30.3 Å². The van der Waals surface area contributed by atoms with E-state index in [0.29, 0.717) is 19.0 Å². The minimum Gasteiger partial charge on any atom is -0.355 e. The second kappa shape index (κ2) is 9.76. The standard InChI is InChI=1S/C16H23N5O2S.HI/c1-17-16(18-9-10-24(3,22)23)21(2)12-15-19-11-14(20-15)13-7-5-4-6-8-13;/h4-8,11H,9-10,12H2,1-3H3,(H,17,18)(H,19,20);1H. The van der Waals surface area contributed by atoms with Crippen molar-refractivity contribution < 1.29 is 8.42 Å². The van der Waals surface area contributed by atoms with Crippen molar-refractivity contribution >= 4 is 39.8 Å². The van der Waals surface area contributed by atoms with Crippen molar-refractivity contribution in [1.82, 2.24) is 20.2 Å². The van der Waals surface area contributed by atoms with E-state index in [-0.39, 0.29) is 29.7 Å². The average molecular weight is 477 g/mol. The summed E-state index contributed by atoms with van der Waals surface area (Å²) in [5.74, 6) is 1.50. The molecule has 2 N–H and O–H groups in total. The lowest BCUT2D eigenvalue weighted by Gasteiger charge is -2.20. The van der Waals surface area contributed by atoms with E-state index < -0.39 is 9.84 Å². The summed E-state index contributed by atoms with van der Waals surface area (Å²) in [6.07, 6.45) is 3.02. The summed E-state index contributed by atoms with van der Waals surface area (Å²) in [7, 11) is 0.545. The van der Waals surface area contributed by atoms with Gasteiger partial charge in [0.2, 0.25) is 0 Å². The van der Waals surface area contributed by atoms with E-state index in [0.717, 1.165) is 17.1 Å². The van der Waals surface area contributed by atoms with Crippen molar-refractivity contribution in [1.29, 1.82) is 0 Å². The van der Waals surface area contributed by atoms with Crippen LogP contribution >= 0.6 is 24.0 Å². The van der Waals surface area contributed by atoms with E-state index in [4.69, 9.17) is 0 Å². The Hall–Kier alpha value is -1.62. The molecule has 2 aromatic rings. The fraction of sp³-hybridized carbons (Fsp3) is 0.375. The van der Waals surface area contributed by atoms with Crippen molar-refractivity contribution in [3.63, 3.8) is 0 Å². The van der Waals surface area contributed by atoms with Gasteiger partial charge in [0.1, 0.15) is 15.7 Å². The van der Waals surface area contributed by atoms with Crippen molar-refractivity contribution in [3.8, 4) is 11.3 Å². The van der Waals surface area contributed by atoms with Crippen LogP contribution in [0.15, 0.2) is 41.5 Å². The third-order valence-electron chi connectivity index (χ3n) is 3.43. The van der Waals surface area contributed by atoms with Crippen LogP contribution in [0.3, 0.4) is 0 Å². The highest BCUT2D eigenvalue weighted by atomic mass is 127. The topological polar surface area (TPSA) is 90.4 Å². The SMILES string of the molecule is CN=C(NCCS(C)(=O)=O)N(C)Cc1ncc(-c2ccccc2)[nH]1.I. The first-order valence-electron chi connectivity index (χ1n) is 7.58. The largest absolute Gasteiger partial charge is 0.355 e. The lowest BCUT2D eigenvalue weighted by molar-refractivity contribution is 0.466. The second-order valence-electron chi connectivity index (χ2n) is 5.57. The van der Waals surface area contributed by atoms with E-state index in [1.165, 1.54) is 6.26 Å². The number of guanidine groups is 1. The van der Waals surface area contributed by atoms with Gasteiger partial charge in [-0.15, -0.1) is 24.0 Å². The fourth-order valence-electron chi connectivity index (χ4n) is 2.24. The van der Waals surface area contributed by atoms with Crippen LogP contribution in [0.5, 0.6) is 0 Å². The first kappa shape index (κ1) is 21.4. The number of H-pyrrole nitrogens is 1. The number of aromatic amines is 1. The zero-order chi connectivity index (χ0) is 17.6. The monoisotopic (exact) mass is 477 g/mol. The van der Waals surface area contributed by atoms with Crippen molar-refractivity contribution in [2.24, 2.45) is 4.99 Å². The molecule has 0 aliphatic heterocycles. The number of imidazole rings is 1. The molecule has 0 spiro atoms. The molecule has 1 aromatic heterocycles. The maximum atomic E-state index is 11.2. The predicted molar refractivity (Wildman–Crippen MR) is 112 cm³/mol. The summed E-state index contributed by atoms with van der Waals surface area (Å²) in [5, 5.41) is 3.04. The molecule has 25 heavy (non-hydrogen) atoms. The van der Waals surface area contributed by atoms with Crippen LogP contribution in [0.25, 0.3) is 11.3 Å². The normalized spacial score (nSPS) is 11.7. The maximum absolute atomic E-state index is 11.2. The summed E-state index contributed by atoms with van der Waals surface area (Å²) in [5.41, 5.74) is 2.04. The minimum atomic E-state index is -2.99. The minimum absolute atomic E-state index is 0. The Labute approximate surface area is 165 Å². The molecule has 0 amide bonds. The third-order valence-corrected chi connectivity index (χ3v) is 4.38. The fourth-order valence-corrected chi connectivity index (χ4v) is 2.71. The van der Waals surface area contributed by atoms with Crippen LogP contribution in [-0.2, 0) is 16.4 Å². The number of aromatic nitrogens is 2. The molecule has 0 aliphatic rings. The van der Waals surface area contributed by atoms with Gasteiger partial charge < -0.3 is 15.2 Å². The molecule has 0 fully saturated rings. The Bertz CT molecular complexity index is 790. The maximum Gasteiger partial charge on any atom is 0.193 e. The van der Waals surface area contributed by atoms with E-state index in [1.54, 1.807) is 13.2 Å². The van der Waals surface area contributed by atoms with E-state index in [2.05, 4.69) is 20.3 Å². The second-order valence-corrected chi connectivity index (χ2v) is 7.83. The highest BCUT2D eigenvalue weighted by Crippen LogP contribution is 2.16. The molecule has 2 rings (SSSR count). The molecule has 138 valence electrons. The van der Waals surface area contributed by atoms with Gasteiger partial charge in [0, 0.05) is 26.9 Å². The summed E-state index contributed by atoms with van der Waals surface area (Å²) in [6, 6.07) is 9.98. The Kier molecular flexibility index (Phi) is 8.36. The van der Waals surface area contributed by atoms with Gasteiger partial charge in [-0.3, -0.25) is 4.99 Å². The first-order valence-corrected chi connectivity index (χ1v) is 9.64. The number of hydrogen-bond donors (Lipinski definition) is 2. The van der Waals surface area contributed by atoms with Gasteiger partial charge in [-0.05, 0) is 5.56 Å². The van der Waals surface area contributed by atoms with Crippen molar-refractivity contribution in [2.75, 3.05) is 32.6 Å². The zero-order valence-electron chi connectivity index (χ0n) is 14.6. The van der Waals surface area contributed by atoms with Crippen LogP contribution in [0.4, 0.5) is 0 Å². The van der Waals surface area contributed by atoms with Crippen LogP contribution < -0.4 is 5.32 Å². The van der Waals surface area contributed by atoms with E-state index in [1.807, 2.05) is 42.3 Å². The van der Waals surface area contributed by atoms with Gasteiger partial charge in [0.25, 0.3) is 0 Å². The highest BCUT2D eigenvalue weighted by molar-refractivity contribution is 14.0. The molecule has 9 heteroatoms. The van der Waals surface area contributed by atoms with Crippen LogP contribution in [0.1, 0.15) is 5.82 Å². The number of benzene rings is 1. The number of rotatable bonds is 6. The number of sulfone groups is 1. The molecule has 0 atom stereocenters. The molecular formula is C16H24IN5O2S. The molecule has 0 radical (unpaired) electrons. The Morgan fingerprint density at radius 2 is 2.00 bits per heavy atom. The smallest absolute Gasteiger partial charge is 0.193 e. The van der Waals surface area contributed by atoms with Gasteiger partial charge in [0.05, 0.1) is 24.2 Å². The lowest BCUT2D eigenvalue weighted by Crippen LogP contribution is -2.40. The Balaban J connectivity index is 0.00000312. The number of halogens is 1. The number of nitrogens with one attached hydrogen (secondary N) is 2. The molecule has 0 unspecified atom stereocenters. The van der Waals surface area contributed by atoms with Crippen LogP contribution in [0.2, 0.25) is 0 Å². The molecule has 0 saturated heterocycles. The van der Waals surface area contributed by atoms with Crippen LogP contribution in [-0.4, -0.2) is 61.9 Å². The third kappa shape index (κ3) is 7.02. The molecule has 0 saturated carbocycles. The van der Waals surface area contributed by atoms with E-state index in [9.17, 15) is 8.42 Å². The van der Waals surface area contributed by atoms with Gasteiger partial charge in [-0.25, -0.2) is 13.4 Å². The molecule has 0 aliphatic carbocycles. The molecule has 1 aromatic carbocycles. The lowest BCUT2D eigenvalue weighted by atomic mass is 10.2. The Morgan fingerprint density at radius 3 is 2.60 bits per heavy atom. The van der Waals surface area contributed by atoms with Gasteiger partial charge in [-0.2, -0.15) is 0 Å². The van der Waals surface area contributed by atoms with Gasteiger partial charge in [0.15, 0.2) is 5.96 Å². The van der Waals surface area contributed by atoms with Gasteiger partial charge >= 0.3 is 0 Å². The number of aliphatic imine (C=N–C) groups is 1. The molecule has 0 bridgehead atoms. The quantitative estimate of drug-likeness (QED) is 0.376. The summed E-state index contributed by atoms with van der Waals surface area (Å²) >= 11 is 0.